The average Bonchev–Trinajstić information content (AvgIpc) is 3.67. The number of amides is 2. The van der Waals surface area contributed by atoms with Gasteiger partial charge < -0.3 is 10.2 Å². The van der Waals surface area contributed by atoms with Crippen molar-refractivity contribution in [2.75, 3.05) is 32.4 Å². The van der Waals surface area contributed by atoms with Crippen LogP contribution in [0, 0.1) is 23.1 Å². The molecule has 1 aliphatic heterocycles. The van der Waals surface area contributed by atoms with E-state index in [2.05, 4.69) is 11.4 Å². The summed E-state index contributed by atoms with van der Waals surface area (Å²) in [7, 11) is -3.34. The van der Waals surface area contributed by atoms with Crippen molar-refractivity contribution in [3.05, 3.63) is 65.6 Å². The van der Waals surface area contributed by atoms with Crippen molar-refractivity contribution in [3.8, 4) is 27.1 Å². The molecule has 3 fully saturated rings. The lowest BCUT2D eigenvalue weighted by Crippen LogP contribution is -2.50. The molecule has 2 unspecified atom stereocenters. The Kier molecular flexibility index (Phi) is 8.45. The van der Waals surface area contributed by atoms with Gasteiger partial charge in [0.1, 0.15) is 16.4 Å². The molecule has 2 saturated carbocycles. The number of aromatic nitrogens is 1. The predicted molar refractivity (Wildman–Crippen MR) is 166 cm³/mol. The number of halogens is 3. The number of alkyl halides is 2. The number of nitriles is 1. The fourth-order valence-corrected chi connectivity index (χ4v) is 8.10. The van der Waals surface area contributed by atoms with Gasteiger partial charge in [-0.15, -0.1) is 11.3 Å². The summed E-state index contributed by atoms with van der Waals surface area (Å²) in [6, 6.07) is 14.7. The molecule has 3 aliphatic rings. The molecule has 3 aromatic rings. The summed E-state index contributed by atoms with van der Waals surface area (Å²) in [6.45, 7) is 0.945. The Balaban J connectivity index is 1.32. The van der Waals surface area contributed by atoms with Gasteiger partial charge in [-0.3, -0.25) is 9.59 Å². The Morgan fingerprint density at radius 3 is 2.22 bits per heavy atom. The van der Waals surface area contributed by atoms with Crippen LogP contribution < -0.4 is 5.32 Å². The summed E-state index contributed by atoms with van der Waals surface area (Å²) in [6.07, 6.45) is 0.986. The van der Waals surface area contributed by atoms with E-state index < -0.39 is 57.9 Å². The normalized spacial score (nSPS) is 22.5. The van der Waals surface area contributed by atoms with E-state index in [-0.39, 0.29) is 38.5 Å². The van der Waals surface area contributed by atoms with E-state index in [0.29, 0.717) is 45.1 Å². The highest BCUT2D eigenvalue weighted by Gasteiger charge is 2.51. The standard InChI is InChI=1S/C32H32F3N5O4S2/c1-46(43,44)40-16-14-39(15-17-40)30(42)22-4-2-20(3-5-22)27-26(37-29(45-27)21-6-8-23(33)9-7-21)24-10-11-32(34,35)18-25(24)28(41)38-31(19-36)12-13-31/h2-9,24-25H,10-18H2,1H3,(H,38,41). The van der Waals surface area contributed by atoms with Gasteiger partial charge in [0.15, 0.2) is 0 Å². The van der Waals surface area contributed by atoms with E-state index in [1.165, 1.54) is 27.8 Å². The lowest BCUT2D eigenvalue weighted by molar-refractivity contribution is -0.134. The molecule has 2 aromatic carbocycles. The van der Waals surface area contributed by atoms with E-state index in [1.807, 2.05) is 0 Å². The highest BCUT2D eigenvalue weighted by atomic mass is 32.2. The first kappa shape index (κ1) is 32.2. The first-order valence-corrected chi connectivity index (χ1v) is 17.7. The van der Waals surface area contributed by atoms with Gasteiger partial charge in [-0.1, -0.05) is 12.1 Å². The maximum absolute atomic E-state index is 14.8. The summed E-state index contributed by atoms with van der Waals surface area (Å²) in [5.74, 6) is -6.09. The fourth-order valence-electron chi connectivity index (χ4n) is 6.13. The third-order valence-corrected chi connectivity index (χ3v) is 11.4. The Morgan fingerprint density at radius 1 is 1.00 bits per heavy atom. The van der Waals surface area contributed by atoms with Crippen molar-refractivity contribution in [2.45, 2.75) is 49.5 Å². The van der Waals surface area contributed by atoms with Gasteiger partial charge >= 0.3 is 0 Å². The van der Waals surface area contributed by atoms with Gasteiger partial charge in [0.25, 0.3) is 5.91 Å². The predicted octanol–water partition coefficient (Wildman–Crippen LogP) is 5.02. The number of piperazine rings is 1. The minimum atomic E-state index is -3.34. The van der Waals surface area contributed by atoms with Crippen LogP contribution in [-0.2, 0) is 14.8 Å². The molecule has 0 radical (unpaired) electrons. The zero-order valence-electron chi connectivity index (χ0n) is 25.0. The highest BCUT2D eigenvalue weighted by molar-refractivity contribution is 7.88. The number of hydrogen-bond donors (Lipinski definition) is 1. The minimum Gasteiger partial charge on any atom is -0.338 e. The van der Waals surface area contributed by atoms with Crippen molar-refractivity contribution < 1.29 is 31.2 Å². The molecular weight excluding hydrogens is 640 g/mol. The van der Waals surface area contributed by atoms with Crippen molar-refractivity contribution in [1.82, 2.24) is 19.5 Å². The zero-order valence-corrected chi connectivity index (χ0v) is 26.6. The van der Waals surface area contributed by atoms with Crippen LogP contribution >= 0.6 is 11.3 Å². The van der Waals surface area contributed by atoms with Gasteiger partial charge in [-0.2, -0.15) is 9.57 Å². The Labute approximate surface area is 269 Å². The SMILES string of the molecule is CS(=O)(=O)N1CCN(C(=O)c2ccc(-c3sc(-c4ccc(F)cc4)nc3C3CCC(F)(F)CC3C(=O)NC3(C#N)CC3)cc2)CC1. The van der Waals surface area contributed by atoms with Gasteiger partial charge in [0.2, 0.25) is 21.9 Å². The van der Waals surface area contributed by atoms with Gasteiger partial charge in [0, 0.05) is 56.1 Å². The quantitative estimate of drug-likeness (QED) is 0.376. The van der Waals surface area contributed by atoms with E-state index >= 15 is 0 Å². The number of rotatable bonds is 7. The van der Waals surface area contributed by atoms with E-state index in [1.54, 1.807) is 41.3 Å². The molecule has 9 nitrogen and oxygen atoms in total. The molecule has 6 rings (SSSR count). The van der Waals surface area contributed by atoms with Gasteiger partial charge in [0.05, 0.1) is 28.8 Å². The number of carbonyl (C=O) groups excluding carboxylic acids is 2. The third kappa shape index (κ3) is 6.67. The second-order valence-corrected chi connectivity index (χ2v) is 15.2. The zero-order chi connectivity index (χ0) is 32.9. The molecule has 1 aromatic heterocycles. The number of hydrogen-bond acceptors (Lipinski definition) is 7. The van der Waals surface area contributed by atoms with E-state index in [4.69, 9.17) is 4.98 Å². The molecule has 1 saturated heterocycles. The van der Waals surface area contributed by atoms with Gasteiger partial charge in [-0.25, -0.2) is 26.6 Å². The Hall–Kier alpha value is -3.80. The molecule has 1 N–H and O–H groups in total. The molecule has 2 heterocycles. The van der Waals surface area contributed by atoms with Crippen LogP contribution in [0.15, 0.2) is 48.5 Å². The molecule has 0 bridgehead atoms. The smallest absolute Gasteiger partial charge is 0.253 e. The molecule has 2 aliphatic carbocycles. The summed E-state index contributed by atoms with van der Waals surface area (Å²) in [4.78, 5) is 33.8. The number of nitrogens with zero attached hydrogens (tertiary/aromatic N) is 4. The monoisotopic (exact) mass is 671 g/mol. The lowest BCUT2D eigenvalue weighted by Gasteiger charge is -2.35. The van der Waals surface area contributed by atoms with Crippen LogP contribution in [0.4, 0.5) is 13.2 Å². The fraction of sp³-hybridized carbons (Fsp3) is 0.438. The molecule has 0 spiro atoms. The molecule has 2 amide bonds. The number of sulfonamides is 1. The lowest BCUT2D eigenvalue weighted by atomic mass is 9.74. The molecular formula is C32H32F3N5O4S2. The summed E-state index contributed by atoms with van der Waals surface area (Å²) in [5, 5.41) is 12.8. The van der Waals surface area contributed by atoms with Crippen LogP contribution in [0.5, 0.6) is 0 Å². The topological polar surface area (TPSA) is 123 Å². The minimum absolute atomic E-state index is 0.000257. The highest BCUT2D eigenvalue weighted by Crippen LogP contribution is 2.50. The summed E-state index contributed by atoms with van der Waals surface area (Å²) < 4.78 is 68.3. The number of carbonyl (C=O) groups is 2. The molecule has 2 atom stereocenters. The summed E-state index contributed by atoms with van der Waals surface area (Å²) >= 11 is 1.29. The van der Waals surface area contributed by atoms with Crippen LogP contribution in [-0.4, -0.2) is 78.3 Å². The van der Waals surface area contributed by atoms with Crippen LogP contribution in [0.25, 0.3) is 21.0 Å². The third-order valence-electron chi connectivity index (χ3n) is 8.97. The first-order chi connectivity index (χ1) is 21.8. The average molecular weight is 672 g/mol. The second kappa shape index (κ2) is 12.1. The van der Waals surface area contributed by atoms with Crippen molar-refractivity contribution in [1.29, 1.82) is 5.26 Å². The molecule has 14 heteroatoms. The number of thiazole rings is 1. The van der Waals surface area contributed by atoms with Crippen molar-refractivity contribution in [3.63, 3.8) is 0 Å². The van der Waals surface area contributed by atoms with Crippen molar-refractivity contribution in [2.24, 2.45) is 5.92 Å². The number of benzene rings is 2. The largest absolute Gasteiger partial charge is 0.338 e. The molecule has 242 valence electrons. The first-order valence-electron chi connectivity index (χ1n) is 15.0. The molecule has 46 heavy (non-hydrogen) atoms. The maximum atomic E-state index is 14.8. The van der Waals surface area contributed by atoms with Crippen LogP contribution in [0.3, 0.4) is 0 Å². The van der Waals surface area contributed by atoms with E-state index in [9.17, 15) is 36.4 Å². The van der Waals surface area contributed by atoms with Crippen LogP contribution in [0.1, 0.15) is 54.1 Å². The van der Waals surface area contributed by atoms with E-state index in [0.717, 1.165) is 6.26 Å². The van der Waals surface area contributed by atoms with Crippen molar-refractivity contribution >= 4 is 33.2 Å². The van der Waals surface area contributed by atoms with Gasteiger partial charge in [-0.05, 0) is 61.2 Å². The Bertz CT molecular complexity index is 1790. The maximum Gasteiger partial charge on any atom is 0.253 e. The second-order valence-electron chi connectivity index (χ2n) is 12.3. The summed E-state index contributed by atoms with van der Waals surface area (Å²) in [5.41, 5.74) is 1.16. The Morgan fingerprint density at radius 2 is 1.63 bits per heavy atom. The number of nitrogens with one attached hydrogen (secondary N) is 1. The van der Waals surface area contributed by atoms with Crippen LogP contribution in [0.2, 0.25) is 0 Å².